The van der Waals surface area contributed by atoms with E-state index in [4.69, 9.17) is 11.6 Å². The van der Waals surface area contributed by atoms with Gasteiger partial charge in [-0.05, 0) is 68.0 Å². The lowest BCUT2D eigenvalue weighted by atomic mass is 10.1. The van der Waals surface area contributed by atoms with Gasteiger partial charge in [0.2, 0.25) is 0 Å². The summed E-state index contributed by atoms with van der Waals surface area (Å²) in [5, 5.41) is 0.356. The molecule has 0 N–H and O–H groups in total. The van der Waals surface area contributed by atoms with Crippen molar-refractivity contribution in [2.45, 2.75) is 36.6 Å². The zero-order chi connectivity index (χ0) is 26.2. The summed E-state index contributed by atoms with van der Waals surface area (Å²) in [5.74, 6) is -0.809. The summed E-state index contributed by atoms with van der Waals surface area (Å²) < 4.78 is 57.7. The van der Waals surface area contributed by atoms with E-state index in [-0.39, 0.29) is 23.2 Å². The highest BCUT2D eigenvalue weighted by atomic mass is 35.5. The highest BCUT2D eigenvalue weighted by Gasteiger charge is 2.38. The van der Waals surface area contributed by atoms with Gasteiger partial charge in [-0.15, -0.1) is 0 Å². The lowest BCUT2D eigenvalue weighted by Gasteiger charge is -2.43. The summed E-state index contributed by atoms with van der Waals surface area (Å²) in [6, 6.07) is 7.42. The predicted molar refractivity (Wildman–Crippen MR) is 138 cm³/mol. The van der Waals surface area contributed by atoms with E-state index < -0.39 is 27.7 Å². The molecule has 7 nitrogen and oxygen atoms in total. The molecule has 11 heteroatoms. The van der Waals surface area contributed by atoms with E-state index in [0.29, 0.717) is 37.5 Å². The van der Waals surface area contributed by atoms with Gasteiger partial charge in [-0.25, -0.2) is 22.0 Å². The average Bonchev–Trinajstić information content (AvgIpc) is 3.71. The molecule has 37 heavy (non-hydrogen) atoms. The number of hydrogen-bond donors (Lipinski definition) is 0. The fourth-order valence-electron chi connectivity index (χ4n) is 5.20. The van der Waals surface area contributed by atoms with Crippen LogP contribution in [0.15, 0.2) is 47.4 Å². The third-order valence-corrected chi connectivity index (χ3v) is 9.50. The molecule has 2 aromatic rings. The molecule has 3 fully saturated rings. The summed E-state index contributed by atoms with van der Waals surface area (Å²) >= 11 is 5.95. The van der Waals surface area contributed by atoms with Crippen molar-refractivity contribution in [1.29, 1.82) is 0 Å². The van der Waals surface area contributed by atoms with Gasteiger partial charge >= 0.3 is 6.03 Å². The molecule has 2 amide bonds. The number of piperazine rings is 1. The summed E-state index contributed by atoms with van der Waals surface area (Å²) in [5.41, 5.74) is -0.372. The van der Waals surface area contributed by atoms with Crippen molar-refractivity contribution in [1.82, 2.24) is 14.7 Å². The number of halogens is 3. The van der Waals surface area contributed by atoms with E-state index in [2.05, 4.69) is 4.90 Å². The van der Waals surface area contributed by atoms with Crippen molar-refractivity contribution >= 4 is 33.3 Å². The molecule has 2 saturated heterocycles. The van der Waals surface area contributed by atoms with Gasteiger partial charge in [-0.1, -0.05) is 11.6 Å². The summed E-state index contributed by atoms with van der Waals surface area (Å²) in [7, 11) is -4.29. The molecule has 200 valence electrons. The van der Waals surface area contributed by atoms with Gasteiger partial charge in [0.05, 0.1) is 16.6 Å². The summed E-state index contributed by atoms with van der Waals surface area (Å²) in [6.45, 7) is 4.55. The smallest absolute Gasteiger partial charge is 0.320 e. The maximum atomic E-state index is 15.0. The maximum absolute atomic E-state index is 15.0. The maximum Gasteiger partial charge on any atom is 0.320 e. The molecule has 1 saturated carbocycles. The van der Waals surface area contributed by atoms with Crippen molar-refractivity contribution in [2.75, 3.05) is 50.1 Å². The van der Waals surface area contributed by atoms with E-state index in [1.807, 2.05) is 4.90 Å². The standard InChI is InChI=1S/C26H31ClF2N4O3S/c27-20-5-8-23(9-6-20)37(35,36)33(25-16-21(28)7-10-24(25)29)22-2-1-11-32(18-22)26(34)31-14-12-30(13-15-31)17-19-3-4-19/h5-10,16,19,22H,1-4,11-15,17-18H2/t22-/m0/s1. The molecule has 0 spiro atoms. The van der Waals surface area contributed by atoms with E-state index in [1.165, 1.54) is 37.1 Å². The Morgan fingerprint density at radius 3 is 2.32 bits per heavy atom. The lowest BCUT2D eigenvalue weighted by molar-refractivity contribution is 0.103. The Labute approximate surface area is 221 Å². The Kier molecular flexibility index (Phi) is 7.60. The fraction of sp³-hybridized carbons (Fsp3) is 0.500. The minimum Gasteiger partial charge on any atom is -0.323 e. The van der Waals surface area contributed by atoms with Crippen LogP contribution < -0.4 is 4.31 Å². The van der Waals surface area contributed by atoms with Gasteiger partial charge in [-0.2, -0.15) is 0 Å². The fourth-order valence-corrected chi connectivity index (χ4v) is 7.00. The van der Waals surface area contributed by atoms with Crippen LogP contribution in [0.5, 0.6) is 0 Å². The summed E-state index contributed by atoms with van der Waals surface area (Å²) in [4.78, 5) is 19.2. The third-order valence-electron chi connectivity index (χ3n) is 7.37. The van der Waals surface area contributed by atoms with Gasteiger partial charge in [-0.3, -0.25) is 9.21 Å². The van der Waals surface area contributed by atoms with Crippen LogP contribution in [0, 0.1) is 17.6 Å². The number of likely N-dealkylation sites (tertiary alicyclic amines) is 1. The number of benzene rings is 2. The average molecular weight is 553 g/mol. The number of hydrogen-bond acceptors (Lipinski definition) is 4. The molecule has 0 aromatic heterocycles. The number of carbonyl (C=O) groups is 1. The van der Waals surface area contributed by atoms with Crippen molar-refractivity contribution in [3.05, 3.63) is 59.1 Å². The highest BCUT2D eigenvalue weighted by Crippen LogP contribution is 2.33. The Morgan fingerprint density at radius 2 is 1.65 bits per heavy atom. The SMILES string of the molecule is O=C(N1CCN(CC2CC2)CC1)N1CCC[C@H](N(c2cc(F)ccc2F)S(=O)(=O)c2ccc(Cl)cc2)C1. The van der Waals surface area contributed by atoms with E-state index in [9.17, 15) is 22.0 Å². The number of sulfonamides is 1. The predicted octanol–water partition coefficient (Wildman–Crippen LogP) is 4.43. The van der Waals surface area contributed by atoms with Crippen molar-refractivity contribution in [2.24, 2.45) is 5.92 Å². The van der Waals surface area contributed by atoms with Gasteiger partial charge in [0.25, 0.3) is 10.0 Å². The first kappa shape index (κ1) is 26.2. The molecule has 1 atom stereocenters. The number of rotatable bonds is 6. The Hall–Kier alpha value is -2.43. The second kappa shape index (κ2) is 10.7. The lowest BCUT2D eigenvalue weighted by Crippen LogP contribution is -2.57. The first-order chi connectivity index (χ1) is 17.7. The van der Waals surface area contributed by atoms with E-state index in [1.54, 1.807) is 4.90 Å². The molecule has 2 aromatic carbocycles. The second-order valence-corrected chi connectivity index (χ2v) is 12.4. The van der Waals surface area contributed by atoms with Crippen LogP contribution in [-0.4, -0.2) is 81.0 Å². The van der Waals surface area contributed by atoms with Crippen molar-refractivity contribution < 1.29 is 22.0 Å². The monoisotopic (exact) mass is 552 g/mol. The van der Waals surface area contributed by atoms with Crippen LogP contribution in [0.4, 0.5) is 19.3 Å². The largest absolute Gasteiger partial charge is 0.323 e. The van der Waals surface area contributed by atoms with Crippen LogP contribution in [0.2, 0.25) is 5.02 Å². The Morgan fingerprint density at radius 1 is 0.946 bits per heavy atom. The van der Waals surface area contributed by atoms with Crippen LogP contribution >= 0.6 is 11.6 Å². The Bertz CT molecular complexity index is 1230. The molecule has 0 radical (unpaired) electrons. The quantitative estimate of drug-likeness (QED) is 0.532. The molecule has 0 bridgehead atoms. The van der Waals surface area contributed by atoms with Gasteiger partial charge in [0.1, 0.15) is 11.6 Å². The zero-order valence-electron chi connectivity index (χ0n) is 20.5. The van der Waals surface area contributed by atoms with Crippen LogP contribution in [0.3, 0.4) is 0 Å². The topological polar surface area (TPSA) is 64.2 Å². The Balaban J connectivity index is 1.38. The molecule has 0 unspecified atom stereocenters. The van der Waals surface area contributed by atoms with E-state index in [0.717, 1.165) is 48.1 Å². The van der Waals surface area contributed by atoms with Crippen molar-refractivity contribution in [3.63, 3.8) is 0 Å². The van der Waals surface area contributed by atoms with Gasteiger partial charge in [0, 0.05) is 56.9 Å². The van der Waals surface area contributed by atoms with Gasteiger partial charge < -0.3 is 9.80 Å². The number of anilines is 1. The minimum absolute atomic E-state index is 0.0872. The van der Waals surface area contributed by atoms with Crippen LogP contribution in [0.1, 0.15) is 25.7 Å². The summed E-state index contributed by atoms with van der Waals surface area (Å²) in [6.07, 6.45) is 3.52. The first-order valence-electron chi connectivity index (χ1n) is 12.7. The highest BCUT2D eigenvalue weighted by molar-refractivity contribution is 7.92. The molecule has 2 aliphatic heterocycles. The van der Waals surface area contributed by atoms with E-state index >= 15 is 0 Å². The van der Waals surface area contributed by atoms with Crippen LogP contribution in [-0.2, 0) is 10.0 Å². The number of urea groups is 1. The number of piperidine rings is 1. The molecular formula is C26H31ClF2N4O3S. The van der Waals surface area contributed by atoms with Crippen LogP contribution in [0.25, 0.3) is 0 Å². The second-order valence-electron chi connectivity index (χ2n) is 10.1. The molecule has 2 heterocycles. The van der Waals surface area contributed by atoms with Gasteiger partial charge in [0.15, 0.2) is 0 Å². The third kappa shape index (κ3) is 5.86. The molecule has 5 rings (SSSR count). The number of amides is 2. The van der Waals surface area contributed by atoms with Crippen molar-refractivity contribution in [3.8, 4) is 0 Å². The molecule has 1 aliphatic carbocycles. The first-order valence-corrected chi connectivity index (χ1v) is 14.6. The normalized spacial score (nSPS) is 21.2. The number of carbonyl (C=O) groups excluding carboxylic acids is 1. The molecular weight excluding hydrogens is 522 g/mol. The minimum atomic E-state index is -4.29. The zero-order valence-corrected chi connectivity index (χ0v) is 22.1. The molecule has 3 aliphatic rings. The number of nitrogens with zero attached hydrogens (tertiary/aromatic N) is 4.